The first-order valence-electron chi connectivity index (χ1n) is 5.96. The van der Waals surface area contributed by atoms with E-state index < -0.39 is 10.0 Å². The highest BCUT2D eigenvalue weighted by atomic mass is 79.9. The zero-order chi connectivity index (χ0) is 15.6. The summed E-state index contributed by atoms with van der Waals surface area (Å²) in [4.78, 5) is 0.0636. The van der Waals surface area contributed by atoms with Gasteiger partial charge in [-0.05, 0) is 48.9 Å². The standard InChI is InChI=1S/C14H13BrClNO3S/c1-9-7-11(16)4-5-12(9)17-21(18,19)14-8-10(15)3-6-13(14)20-2/h3-8,17H,1-2H3. The fraction of sp³-hybridized carbons (Fsp3) is 0.143. The van der Waals surface area contributed by atoms with Crippen LogP contribution >= 0.6 is 27.5 Å². The van der Waals surface area contributed by atoms with Crippen LogP contribution in [0, 0.1) is 6.92 Å². The Morgan fingerprint density at radius 2 is 1.90 bits per heavy atom. The van der Waals surface area contributed by atoms with Crippen LogP contribution < -0.4 is 9.46 Å². The smallest absolute Gasteiger partial charge is 0.265 e. The van der Waals surface area contributed by atoms with E-state index in [9.17, 15) is 8.42 Å². The number of hydrogen-bond donors (Lipinski definition) is 1. The van der Waals surface area contributed by atoms with Crippen LogP contribution in [0.15, 0.2) is 45.8 Å². The summed E-state index contributed by atoms with van der Waals surface area (Å²) in [6.07, 6.45) is 0. The summed E-state index contributed by atoms with van der Waals surface area (Å²) in [5.41, 5.74) is 1.21. The Morgan fingerprint density at radius 1 is 1.19 bits per heavy atom. The van der Waals surface area contributed by atoms with Crippen molar-refractivity contribution in [1.82, 2.24) is 0 Å². The molecular formula is C14H13BrClNO3S. The molecule has 2 rings (SSSR count). The van der Waals surface area contributed by atoms with Crippen molar-refractivity contribution in [2.45, 2.75) is 11.8 Å². The maximum atomic E-state index is 12.5. The van der Waals surface area contributed by atoms with Gasteiger partial charge in [-0.2, -0.15) is 0 Å². The summed E-state index contributed by atoms with van der Waals surface area (Å²) in [6, 6.07) is 9.74. The van der Waals surface area contributed by atoms with Gasteiger partial charge in [0.05, 0.1) is 12.8 Å². The van der Waals surface area contributed by atoms with Crippen molar-refractivity contribution < 1.29 is 13.2 Å². The second-order valence-corrected chi connectivity index (χ2v) is 7.36. The minimum atomic E-state index is -3.76. The molecule has 0 aromatic heterocycles. The summed E-state index contributed by atoms with van der Waals surface area (Å²) in [5.74, 6) is 0.275. The molecule has 2 aromatic carbocycles. The van der Waals surface area contributed by atoms with Crippen molar-refractivity contribution >= 4 is 43.2 Å². The molecule has 0 heterocycles. The van der Waals surface area contributed by atoms with E-state index in [1.165, 1.54) is 13.2 Å². The van der Waals surface area contributed by atoms with E-state index in [0.717, 1.165) is 5.56 Å². The van der Waals surface area contributed by atoms with E-state index in [2.05, 4.69) is 20.7 Å². The first-order chi connectivity index (χ1) is 9.83. The van der Waals surface area contributed by atoms with Crippen LogP contribution in [0.2, 0.25) is 5.02 Å². The first-order valence-corrected chi connectivity index (χ1v) is 8.61. The van der Waals surface area contributed by atoms with Crippen molar-refractivity contribution in [3.8, 4) is 5.75 Å². The van der Waals surface area contributed by atoms with Gasteiger partial charge in [-0.1, -0.05) is 27.5 Å². The van der Waals surface area contributed by atoms with Crippen LogP contribution in [0.3, 0.4) is 0 Å². The number of anilines is 1. The minimum Gasteiger partial charge on any atom is -0.495 e. The lowest BCUT2D eigenvalue weighted by molar-refractivity contribution is 0.403. The SMILES string of the molecule is COc1ccc(Br)cc1S(=O)(=O)Nc1ccc(Cl)cc1C. The largest absolute Gasteiger partial charge is 0.495 e. The molecule has 112 valence electrons. The highest BCUT2D eigenvalue weighted by Gasteiger charge is 2.20. The number of rotatable bonds is 4. The maximum Gasteiger partial charge on any atom is 0.265 e. The molecule has 0 unspecified atom stereocenters. The molecule has 0 fully saturated rings. The fourth-order valence-electron chi connectivity index (χ4n) is 1.80. The van der Waals surface area contributed by atoms with Crippen LogP contribution in [0.25, 0.3) is 0 Å². The quantitative estimate of drug-likeness (QED) is 0.850. The molecule has 0 aliphatic heterocycles. The van der Waals surface area contributed by atoms with E-state index in [0.29, 0.717) is 15.2 Å². The van der Waals surface area contributed by atoms with Gasteiger partial charge in [-0.3, -0.25) is 4.72 Å². The van der Waals surface area contributed by atoms with Crippen molar-refractivity contribution in [2.75, 3.05) is 11.8 Å². The average Bonchev–Trinajstić information content (AvgIpc) is 2.42. The Balaban J connectivity index is 2.45. The number of hydrogen-bond acceptors (Lipinski definition) is 3. The average molecular weight is 391 g/mol. The van der Waals surface area contributed by atoms with Gasteiger partial charge in [-0.25, -0.2) is 8.42 Å². The molecule has 2 aromatic rings. The molecule has 1 N–H and O–H groups in total. The van der Waals surface area contributed by atoms with Gasteiger partial charge >= 0.3 is 0 Å². The zero-order valence-electron chi connectivity index (χ0n) is 11.4. The molecule has 0 bridgehead atoms. The highest BCUT2D eigenvalue weighted by Crippen LogP contribution is 2.30. The van der Waals surface area contributed by atoms with E-state index in [1.54, 1.807) is 37.3 Å². The van der Waals surface area contributed by atoms with Crippen molar-refractivity contribution in [1.29, 1.82) is 0 Å². The van der Waals surface area contributed by atoms with Crippen LogP contribution in [-0.4, -0.2) is 15.5 Å². The summed E-state index contributed by atoms with van der Waals surface area (Å²) in [7, 11) is -2.34. The maximum absolute atomic E-state index is 12.5. The predicted molar refractivity (Wildman–Crippen MR) is 87.7 cm³/mol. The van der Waals surface area contributed by atoms with E-state index in [1.807, 2.05) is 0 Å². The molecule has 0 aliphatic rings. The number of benzene rings is 2. The van der Waals surface area contributed by atoms with Crippen molar-refractivity contribution in [3.05, 3.63) is 51.5 Å². The number of aryl methyl sites for hydroxylation is 1. The molecule has 0 saturated heterocycles. The Morgan fingerprint density at radius 3 is 2.52 bits per heavy atom. The topological polar surface area (TPSA) is 55.4 Å². The van der Waals surface area contributed by atoms with Crippen molar-refractivity contribution in [2.24, 2.45) is 0 Å². The van der Waals surface area contributed by atoms with Crippen LogP contribution in [0.4, 0.5) is 5.69 Å². The molecule has 0 aliphatic carbocycles. The third-order valence-corrected chi connectivity index (χ3v) is 4.96. The Labute approximate surface area is 137 Å². The van der Waals surface area contributed by atoms with Crippen LogP contribution in [-0.2, 0) is 10.0 Å². The first kappa shape index (κ1) is 16.1. The van der Waals surface area contributed by atoms with Gasteiger partial charge in [-0.15, -0.1) is 0 Å². The minimum absolute atomic E-state index is 0.0636. The van der Waals surface area contributed by atoms with Gasteiger partial charge < -0.3 is 4.74 Å². The number of sulfonamides is 1. The molecule has 4 nitrogen and oxygen atoms in total. The van der Waals surface area contributed by atoms with Crippen LogP contribution in [0.1, 0.15) is 5.56 Å². The molecule has 0 radical (unpaired) electrons. The highest BCUT2D eigenvalue weighted by molar-refractivity contribution is 9.10. The third-order valence-electron chi connectivity index (χ3n) is 2.85. The van der Waals surface area contributed by atoms with E-state index in [-0.39, 0.29) is 10.6 Å². The normalized spacial score (nSPS) is 11.2. The van der Waals surface area contributed by atoms with Gasteiger partial charge in [0, 0.05) is 9.50 Å². The molecule has 21 heavy (non-hydrogen) atoms. The lowest BCUT2D eigenvalue weighted by Crippen LogP contribution is -2.14. The Hall–Kier alpha value is -1.24. The molecule has 0 saturated carbocycles. The Kier molecular flexibility index (Phi) is 4.81. The second kappa shape index (κ2) is 6.25. The fourth-order valence-corrected chi connectivity index (χ4v) is 3.87. The van der Waals surface area contributed by atoms with Crippen molar-refractivity contribution in [3.63, 3.8) is 0 Å². The van der Waals surface area contributed by atoms with E-state index in [4.69, 9.17) is 16.3 Å². The summed E-state index contributed by atoms with van der Waals surface area (Å²) in [5, 5.41) is 0.551. The molecular weight excluding hydrogens is 378 g/mol. The summed E-state index contributed by atoms with van der Waals surface area (Å²) < 4.78 is 33.4. The van der Waals surface area contributed by atoms with Gasteiger partial charge in [0.25, 0.3) is 10.0 Å². The summed E-state index contributed by atoms with van der Waals surface area (Å²) >= 11 is 9.13. The molecule has 0 atom stereocenters. The molecule has 0 spiro atoms. The van der Waals surface area contributed by atoms with Gasteiger partial charge in [0.15, 0.2) is 0 Å². The summed E-state index contributed by atoms with van der Waals surface area (Å²) in [6.45, 7) is 1.78. The van der Waals surface area contributed by atoms with Gasteiger partial charge in [0.2, 0.25) is 0 Å². The van der Waals surface area contributed by atoms with E-state index >= 15 is 0 Å². The third kappa shape index (κ3) is 3.70. The lowest BCUT2D eigenvalue weighted by Gasteiger charge is -2.13. The number of ether oxygens (including phenoxy) is 1. The number of nitrogens with one attached hydrogen (secondary N) is 1. The number of halogens is 2. The van der Waals surface area contributed by atoms with Crippen LogP contribution in [0.5, 0.6) is 5.75 Å². The van der Waals surface area contributed by atoms with Gasteiger partial charge in [0.1, 0.15) is 10.6 Å². The molecule has 7 heteroatoms. The lowest BCUT2D eigenvalue weighted by atomic mass is 10.2. The zero-order valence-corrected chi connectivity index (χ0v) is 14.5. The number of methoxy groups -OCH3 is 1. The monoisotopic (exact) mass is 389 g/mol. The Bertz CT molecular complexity index is 778. The second-order valence-electron chi connectivity index (χ2n) is 4.36. The molecule has 0 amide bonds. The predicted octanol–water partition coefficient (Wildman–Crippen LogP) is 4.22.